The quantitative estimate of drug-likeness (QED) is 0.446. The number of nitrogens with one attached hydrogen (secondary N) is 2. The molecule has 0 saturated carbocycles. The Bertz CT molecular complexity index is 749. The Morgan fingerprint density at radius 3 is 2.42 bits per heavy atom. The summed E-state index contributed by atoms with van der Waals surface area (Å²) in [5.41, 5.74) is 3.55. The molecule has 0 spiro atoms. The molecule has 24 heavy (non-hydrogen) atoms. The zero-order chi connectivity index (χ0) is 17.7. The first kappa shape index (κ1) is 17.5. The van der Waals surface area contributed by atoms with Crippen molar-refractivity contribution in [3.63, 3.8) is 0 Å². The zero-order valence-electron chi connectivity index (χ0n) is 14.4. The molecule has 0 aliphatic rings. The van der Waals surface area contributed by atoms with E-state index < -0.39 is 5.54 Å². The highest BCUT2D eigenvalue weighted by Gasteiger charge is 2.23. The predicted octanol–water partition coefficient (Wildman–Crippen LogP) is 4.25. The van der Waals surface area contributed by atoms with Crippen molar-refractivity contribution in [3.8, 4) is 0 Å². The van der Waals surface area contributed by atoms with Gasteiger partial charge in [-0.3, -0.25) is 0 Å². The highest BCUT2D eigenvalue weighted by atomic mass is 16.4. The number of carbonyl (C=O) groups is 1. The minimum absolute atomic E-state index is 0.276. The fourth-order valence-electron chi connectivity index (χ4n) is 2.35. The maximum atomic E-state index is 12.3. The van der Waals surface area contributed by atoms with E-state index in [9.17, 15) is 4.79 Å². The van der Waals surface area contributed by atoms with Crippen molar-refractivity contribution >= 4 is 17.4 Å². The third kappa shape index (κ3) is 4.35. The van der Waals surface area contributed by atoms with Crippen molar-refractivity contribution in [2.45, 2.75) is 33.2 Å². The minimum atomic E-state index is -0.583. The summed E-state index contributed by atoms with van der Waals surface area (Å²) in [6.45, 7) is 7.57. The van der Waals surface area contributed by atoms with Gasteiger partial charge in [-0.15, -0.1) is 0 Å². The first-order valence-electron chi connectivity index (χ1n) is 7.77. The van der Waals surface area contributed by atoms with Crippen LogP contribution in [0.25, 0.3) is 0 Å². The lowest BCUT2D eigenvalue weighted by Gasteiger charge is -2.27. The molecule has 2 rings (SSSR count). The highest BCUT2D eigenvalue weighted by Crippen LogP contribution is 2.22. The molecule has 5 heteroatoms. The number of aryl methyl sites for hydroxylation is 1. The average Bonchev–Trinajstić information content (AvgIpc) is 2.56. The third-order valence-electron chi connectivity index (χ3n) is 3.89. The van der Waals surface area contributed by atoms with Gasteiger partial charge >= 0.3 is 6.03 Å². The van der Waals surface area contributed by atoms with Gasteiger partial charge in [0.2, 0.25) is 0 Å². The van der Waals surface area contributed by atoms with Crippen LogP contribution in [0, 0.1) is 6.92 Å². The fraction of sp³-hybridized carbons (Fsp3) is 0.263. The highest BCUT2D eigenvalue weighted by molar-refractivity contribution is 5.98. The van der Waals surface area contributed by atoms with Crippen molar-refractivity contribution in [3.05, 3.63) is 65.2 Å². The molecule has 0 aromatic heterocycles. The molecule has 0 saturated heterocycles. The Morgan fingerprint density at radius 1 is 1.12 bits per heavy atom. The Morgan fingerprint density at radius 2 is 1.79 bits per heavy atom. The predicted molar refractivity (Wildman–Crippen MR) is 96.8 cm³/mol. The Balaban J connectivity index is 2.12. The van der Waals surface area contributed by atoms with Crippen LogP contribution in [-0.2, 0) is 5.54 Å². The van der Waals surface area contributed by atoms with E-state index in [0.717, 1.165) is 22.4 Å². The molecule has 0 aliphatic heterocycles. The van der Waals surface area contributed by atoms with Gasteiger partial charge in [0.1, 0.15) is 0 Å². The summed E-state index contributed by atoms with van der Waals surface area (Å²) < 4.78 is 0. The van der Waals surface area contributed by atoms with E-state index in [0.29, 0.717) is 5.71 Å². The average molecular weight is 325 g/mol. The lowest BCUT2D eigenvalue weighted by atomic mass is 9.92. The molecule has 2 aromatic rings. The molecule has 3 N–H and O–H groups in total. The van der Waals surface area contributed by atoms with Crippen LogP contribution >= 0.6 is 0 Å². The Hall–Kier alpha value is -2.82. The number of rotatable bonds is 4. The number of hydrogen-bond donors (Lipinski definition) is 3. The molecule has 0 bridgehead atoms. The molecule has 2 amide bonds. The van der Waals surface area contributed by atoms with Gasteiger partial charge in [-0.05, 0) is 57.0 Å². The van der Waals surface area contributed by atoms with Crippen LogP contribution in [0.2, 0.25) is 0 Å². The number of hydrogen-bond acceptors (Lipinski definition) is 3. The van der Waals surface area contributed by atoms with E-state index >= 15 is 0 Å². The van der Waals surface area contributed by atoms with Gasteiger partial charge in [-0.1, -0.05) is 41.1 Å². The van der Waals surface area contributed by atoms with E-state index in [4.69, 9.17) is 5.21 Å². The minimum Gasteiger partial charge on any atom is -0.411 e. The zero-order valence-corrected chi connectivity index (χ0v) is 14.4. The van der Waals surface area contributed by atoms with Gasteiger partial charge in [0, 0.05) is 5.69 Å². The second-order valence-electron chi connectivity index (χ2n) is 6.34. The molecule has 126 valence electrons. The number of oxime groups is 1. The second kappa shape index (κ2) is 7.17. The largest absolute Gasteiger partial charge is 0.411 e. The summed E-state index contributed by atoms with van der Waals surface area (Å²) in [6, 6.07) is 14.9. The third-order valence-corrected chi connectivity index (χ3v) is 3.89. The Labute approximate surface area is 142 Å². The van der Waals surface area contributed by atoms with Gasteiger partial charge < -0.3 is 15.8 Å². The van der Waals surface area contributed by atoms with Crippen LogP contribution < -0.4 is 10.6 Å². The lowest BCUT2D eigenvalue weighted by molar-refractivity contribution is 0.242. The van der Waals surface area contributed by atoms with E-state index in [-0.39, 0.29) is 6.03 Å². The van der Waals surface area contributed by atoms with E-state index in [1.54, 1.807) is 6.92 Å². The van der Waals surface area contributed by atoms with Crippen molar-refractivity contribution < 1.29 is 10.0 Å². The molecule has 0 fully saturated rings. The second-order valence-corrected chi connectivity index (χ2v) is 6.34. The van der Waals surface area contributed by atoms with Crippen LogP contribution in [0.4, 0.5) is 10.5 Å². The van der Waals surface area contributed by atoms with Crippen LogP contribution in [0.5, 0.6) is 0 Å². The van der Waals surface area contributed by atoms with Gasteiger partial charge in [0.25, 0.3) is 0 Å². The van der Waals surface area contributed by atoms with Gasteiger partial charge in [-0.2, -0.15) is 0 Å². The molecular formula is C19H23N3O2. The van der Waals surface area contributed by atoms with Crippen LogP contribution in [-0.4, -0.2) is 17.0 Å². The first-order chi connectivity index (χ1) is 11.3. The number of anilines is 1. The molecule has 5 nitrogen and oxygen atoms in total. The van der Waals surface area contributed by atoms with Crippen molar-refractivity contribution in [2.75, 3.05) is 5.32 Å². The lowest BCUT2D eigenvalue weighted by Crippen LogP contribution is -2.43. The van der Waals surface area contributed by atoms with E-state index in [1.807, 2.05) is 69.3 Å². The molecule has 0 radical (unpaired) electrons. The first-order valence-corrected chi connectivity index (χ1v) is 7.77. The molecule has 0 heterocycles. The summed E-state index contributed by atoms with van der Waals surface area (Å²) in [4.78, 5) is 12.3. The topological polar surface area (TPSA) is 73.7 Å². The number of carbonyl (C=O) groups excluding carboxylic acids is 1. The van der Waals surface area contributed by atoms with E-state index in [1.165, 1.54) is 0 Å². The van der Waals surface area contributed by atoms with Crippen molar-refractivity contribution in [1.82, 2.24) is 5.32 Å². The normalized spacial score (nSPS) is 11.9. The molecule has 0 aliphatic carbocycles. The smallest absolute Gasteiger partial charge is 0.319 e. The van der Waals surface area contributed by atoms with Gasteiger partial charge in [-0.25, -0.2) is 4.79 Å². The molecule has 0 atom stereocenters. The maximum Gasteiger partial charge on any atom is 0.319 e. The standard InChI is InChI=1S/C19H23N3O2/c1-13-8-10-17(11-9-13)20-18(23)21-19(3,4)16-7-5-6-15(12-16)14(2)22-24/h5-12,24H,1-4H3,(H2,20,21,23)/b22-14+. The summed E-state index contributed by atoms with van der Waals surface area (Å²) in [5.74, 6) is 0. The number of amides is 2. The molecule has 0 unspecified atom stereocenters. The van der Waals surface area contributed by atoms with Crippen LogP contribution in [0.3, 0.4) is 0 Å². The number of nitrogens with zero attached hydrogens (tertiary/aromatic N) is 1. The van der Waals surface area contributed by atoms with Crippen LogP contribution in [0.1, 0.15) is 37.5 Å². The fourth-order valence-corrected chi connectivity index (χ4v) is 2.35. The molecular weight excluding hydrogens is 302 g/mol. The number of urea groups is 1. The molecule has 2 aromatic carbocycles. The monoisotopic (exact) mass is 325 g/mol. The summed E-state index contributed by atoms with van der Waals surface area (Å²) in [6.07, 6.45) is 0. The van der Waals surface area contributed by atoms with Crippen molar-refractivity contribution in [2.24, 2.45) is 5.16 Å². The maximum absolute atomic E-state index is 12.3. The summed E-state index contributed by atoms with van der Waals surface area (Å²) in [5, 5.41) is 17.9. The summed E-state index contributed by atoms with van der Waals surface area (Å²) >= 11 is 0. The number of benzene rings is 2. The van der Waals surface area contributed by atoms with Gasteiger partial charge in [0.05, 0.1) is 11.3 Å². The van der Waals surface area contributed by atoms with E-state index in [2.05, 4.69) is 15.8 Å². The Kier molecular flexibility index (Phi) is 5.24. The van der Waals surface area contributed by atoms with Gasteiger partial charge in [0.15, 0.2) is 0 Å². The van der Waals surface area contributed by atoms with Crippen molar-refractivity contribution in [1.29, 1.82) is 0 Å². The summed E-state index contributed by atoms with van der Waals surface area (Å²) in [7, 11) is 0. The van der Waals surface area contributed by atoms with Crippen LogP contribution in [0.15, 0.2) is 53.7 Å². The SMILES string of the molecule is C/C(=N\O)c1cccc(C(C)(C)NC(=O)Nc2ccc(C)cc2)c1.